The van der Waals surface area contributed by atoms with Gasteiger partial charge < -0.3 is 14.6 Å². The van der Waals surface area contributed by atoms with Crippen molar-refractivity contribution in [2.75, 3.05) is 5.01 Å². The Morgan fingerprint density at radius 3 is 2.40 bits per heavy atom. The Bertz CT molecular complexity index is 1310. The highest BCUT2D eigenvalue weighted by atomic mass is 16.4. The molecule has 2 heterocycles. The van der Waals surface area contributed by atoms with E-state index in [1.54, 1.807) is 30.3 Å². The van der Waals surface area contributed by atoms with E-state index in [-0.39, 0.29) is 17.5 Å². The van der Waals surface area contributed by atoms with Gasteiger partial charge in [-0.2, -0.15) is 5.10 Å². The van der Waals surface area contributed by atoms with Crippen molar-refractivity contribution in [2.24, 2.45) is 5.10 Å². The third-order valence-corrected chi connectivity index (χ3v) is 5.27. The van der Waals surface area contributed by atoms with Crippen molar-refractivity contribution in [1.29, 1.82) is 0 Å². The molecular weight excluding hydrogens is 380 g/mol. The fourth-order valence-electron chi connectivity index (χ4n) is 3.84. The minimum atomic E-state index is -0.483. The van der Waals surface area contributed by atoms with Gasteiger partial charge in [-0.15, -0.1) is 0 Å². The average Bonchev–Trinajstić information content (AvgIpc) is 3.19. The first-order valence-corrected chi connectivity index (χ1v) is 9.57. The second-order valence-corrected chi connectivity index (χ2v) is 7.17. The summed E-state index contributed by atoms with van der Waals surface area (Å²) in [4.78, 5) is 11.8. The molecule has 1 atom stereocenters. The number of phenolic OH excluding ortho intramolecular Hbond substituents is 2. The molecule has 0 aliphatic carbocycles. The number of hydrogen-bond donors (Lipinski definition) is 2. The molecule has 4 aromatic rings. The highest BCUT2D eigenvalue weighted by Crippen LogP contribution is 2.39. The van der Waals surface area contributed by atoms with E-state index in [1.807, 2.05) is 47.5 Å². The van der Waals surface area contributed by atoms with Crippen LogP contribution in [0.15, 0.2) is 93.2 Å². The summed E-state index contributed by atoms with van der Waals surface area (Å²) in [6, 6.07) is 22.9. The van der Waals surface area contributed by atoms with Gasteiger partial charge in [-0.25, -0.2) is 4.79 Å². The third-order valence-electron chi connectivity index (χ3n) is 5.27. The van der Waals surface area contributed by atoms with Gasteiger partial charge >= 0.3 is 5.63 Å². The van der Waals surface area contributed by atoms with Crippen molar-refractivity contribution < 1.29 is 14.6 Å². The van der Waals surface area contributed by atoms with Crippen molar-refractivity contribution in [2.45, 2.75) is 12.5 Å². The molecule has 1 aliphatic rings. The van der Waals surface area contributed by atoms with Gasteiger partial charge in [0.05, 0.1) is 23.0 Å². The molecule has 1 aromatic heterocycles. The van der Waals surface area contributed by atoms with E-state index in [2.05, 4.69) is 0 Å². The molecule has 6 heteroatoms. The Kier molecular flexibility index (Phi) is 4.25. The molecule has 0 spiro atoms. The van der Waals surface area contributed by atoms with Crippen molar-refractivity contribution in [1.82, 2.24) is 0 Å². The first-order chi connectivity index (χ1) is 14.6. The molecule has 0 bridgehead atoms. The smallest absolute Gasteiger partial charge is 0.336 e. The van der Waals surface area contributed by atoms with Crippen LogP contribution in [-0.2, 0) is 0 Å². The van der Waals surface area contributed by atoms with Crippen LogP contribution < -0.4 is 10.6 Å². The zero-order valence-electron chi connectivity index (χ0n) is 15.9. The molecule has 1 aliphatic heterocycles. The lowest BCUT2D eigenvalue weighted by molar-refractivity contribution is 0.471. The Balaban J connectivity index is 1.67. The highest BCUT2D eigenvalue weighted by Gasteiger charge is 2.32. The molecule has 0 saturated heterocycles. The predicted octanol–water partition coefficient (Wildman–Crippen LogP) is 4.56. The van der Waals surface area contributed by atoms with Gasteiger partial charge in [0, 0.05) is 17.9 Å². The number of benzene rings is 3. The summed E-state index contributed by atoms with van der Waals surface area (Å²) in [6.45, 7) is 0. The van der Waals surface area contributed by atoms with Crippen LogP contribution in [0.2, 0.25) is 0 Å². The average molecular weight is 398 g/mol. The standard InChI is InChI=1S/C24H18N2O4/c27-18-10-6-15(7-11-18)20-14-19(25-26(20)17-4-2-1-3-5-17)23-21(28)12-8-16-9-13-22(29)30-24(16)23/h1-13,20,27-28H,14H2. The van der Waals surface area contributed by atoms with Gasteiger partial charge in [0.15, 0.2) is 5.58 Å². The van der Waals surface area contributed by atoms with Crippen LogP contribution in [0.1, 0.15) is 23.6 Å². The second kappa shape index (κ2) is 7.08. The molecule has 0 saturated carbocycles. The van der Waals surface area contributed by atoms with Crippen LogP contribution in [0.5, 0.6) is 11.5 Å². The van der Waals surface area contributed by atoms with Crippen molar-refractivity contribution in [3.8, 4) is 11.5 Å². The number of aromatic hydroxyl groups is 2. The fourth-order valence-corrected chi connectivity index (χ4v) is 3.84. The lowest BCUT2D eigenvalue weighted by Crippen LogP contribution is -2.18. The fraction of sp³-hybridized carbons (Fsp3) is 0.0833. The number of hydrogen-bond acceptors (Lipinski definition) is 6. The van der Waals surface area contributed by atoms with Crippen LogP contribution in [0.3, 0.4) is 0 Å². The van der Waals surface area contributed by atoms with Gasteiger partial charge in [0.2, 0.25) is 0 Å². The number of rotatable bonds is 3. The van der Waals surface area contributed by atoms with E-state index >= 15 is 0 Å². The highest BCUT2D eigenvalue weighted by molar-refractivity contribution is 6.12. The monoisotopic (exact) mass is 398 g/mol. The number of anilines is 1. The lowest BCUT2D eigenvalue weighted by atomic mass is 9.96. The summed E-state index contributed by atoms with van der Waals surface area (Å²) in [5, 5.41) is 27.7. The molecule has 148 valence electrons. The van der Waals surface area contributed by atoms with E-state index in [4.69, 9.17) is 9.52 Å². The zero-order chi connectivity index (χ0) is 20.7. The predicted molar refractivity (Wildman–Crippen MR) is 115 cm³/mol. The molecule has 5 rings (SSSR count). The number of phenols is 2. The summed E-state index contributed by atoms with van der Waals surface area (Å²) >= 11 is 0. The van der Waals surface area contributed by atoms with Crippen LogP contribution in [-0.4, -0.2) is 15.9 Å². The number of nitrogens with zero attached hydrogens (tertiary/aromatic N) is 2. The van der Waals surface area contributed by atoms with E-state index in [0.29, 0.717) is 28.7 Å². The van der Waals surface area contributed by atoms with E-state index in [0.717, 1.165) is 11.3 Å². The SMILES string of the molecule is O=c1ccc2ccc(O)c(C3=NN(c4ccccc4)C(c4ccc(O)cc4)C3)c2o1. The van der Waals surface area contributed by atoms with E-state index in [9.17, 15) is 15.0 Å². The normalized spacial score (nSPS) is 16.1. The summed E-state index contributed by atoms with van der Waals surface area (Å²) < 4.78 is 5.44. The second-order valence-electron chi connectivity index (χ2n) is 7.17. The molecule has 0 fully saturated rings. The Morgan fingerprint density at radius 1 is 0.900 bits per heavy atom. The maximum absolute atomic E-state index is 11.8. The molecule has 3 aromatic carbocycles. The summed E-state index contributed by atoms with van der Waals surface area (Å²) in [7, 11) is 0. The zero-order valence-corrected chi connectivity index (χ0v) is 15.9. The van der Waals surface area contributed by atoms with E-state index < -0.39 is 5.63 Å². The van der Waals surface area contributed by atoms with Crippen LogP contribution >= 0.6 is 0 Å². The van der Waals surface area contributed by atoms with Crippen molar-refractivity contribution in [3.05, 3.63) is 100 Å². The molecule has 0 radical (unpaired) electrons. The number of fused-ring (bicyclic) bond motifs is 1. The van der Waals surface area contributed by atoms with E-state index in [1.165, 1.54) is 6.07 Å². The molecule has 2 N–H and O–H groups in total. The summed E-state index contributed by atoms with van der Waals surface area (Å²) in [5.74, 6) is 0.201. The molecule has 6 nitrogen and oxygen atoms in total. The topological polar surface area (TPSA) is 86.3 Å². The largest absolute Gasteiger partial charge is 0.508 e. The van der Waals surface area contributed by atoms with Crippen LogP contribution in [0.4, 0.5) is 5.69 Å². The van der Waals surface area contributed by atoms with Crippen molar-refractivity contribution in [3.63, 3.8) is 0 Å². The first kappa shape index (κ1) is 18.0. The van der Waals surface area contributed by atoms with Gasteiger partial charge in [-0.1, -0.05) is 30.3 Å². The summed E-state index contributed by atoms with van der Waals surface area (Å²) in [6.07, 6.45) is 0.491. The molecular formula is C24H18N2O4. The quantitative estimate of drug-likeness (QED) is 0.494. The molecule has 0 amide bonds. The summed E-state index contributed by atoms with van der Waals surface area (Å²) in [5.41, 5.74) is 2.74. The Morgan fingerprint density at radius 2 is 1.63 bits per heavy atom. The van der Waals surface area contributed by atoms with Crippen LogP contribution in [0, 0.1) is 0 Å². The third kappa shape index (κ3) is 3.08. The maximum Gasteiger partial charge on any atom is 0.336 e. The lowest BCUT2D eigenvalue weighted by Gasteiger charge is -2.24. The Labute approximate surface area is 171 Å². The minimum Gasteiger partial charge on any atom is -0.508 e. The number of hydrazone groups is 1. The van der Waals surface area contributed by atoms with Gasteiger partial charge in [0.1, 0.15) is 11.5 Å². The molecule has 1 unspecified atom stereocenters. The Hall–Kier alpha value is -4.06. The first-order valence-electron chi connectivity index (χ1n) is 9.57. The molecule has 30 heavy (non-hydrogen) atoms. The van der Waals surface area contributed by atoms with Gasteiger partial charge in [0.25, 0.3) is 0 Å². The van der Waals surface area contributed by atoms with Crippen LogP contribution in [0.25, 0.3) is 11.0 Å². The van der Waals surface area contributed by atoms with Gasteiger partial charge in [-0.05, 0) is 48.0 Å². The minimum absolute atomic E-state index is 0.00923. The van der Waals surface area contributed by atoms with Crippen molar-refractivity contribution >= 4 is 22.4 Å². The maximum atomic E-state index is 11.8. The number of para-hydroxylation sites is 1. The van der Waals surface area contributed by atoms with Gasteiger partial charge in [-0.3, -0.25) is 5.01 Å².